The van der Waals surface area contributed by atoms with E-state index in [-0.39, 0.29) is 25.7 Å². The summed E-state index contributed by atoms with van der Waals surface area (Å²) in [5, 5.41) is 10.7. The van der Waals surface area contributed by atoms with Crippen LogP contribution in [0.1, 0.15) is 427 Å². The predicted molar refractivity (Wildman–Crippen MR) is 427 cm³/mol. The van der Waals surface area contributed by atoms with E-state index in [2.05, 4.69) is 65.8 Å². The lowest BCUT2D eigenvalue weighted by Gasteiger charge is -2.21. The van der Waals surface area contributed by atoms with E-state index in [1.54, 1.807) is 0 Å². The largest absolute Gasteiger partial charge is 0.472 e. The van der Waals surface area contributed by atoms with Crippen molar-refractivity contribution in [3.05, 3.63) is 24.3 Å². The van der Waals surface area contributed by atoms with Crippen molar-refractivity contribution in [1.82, 2.24) is 0 Å². The molecular formula is C85H162O17P2. The van der Waals surface area contributed by atoms with E-state index in [9.17, 15) is 43.2 Å². The van der Waals surface area contributed by atoms with Gasteiger partial charge in [0.1, 0.15) is 19.3 Å². The summed E-state index contributed by atoms with van der Waals surface area (Å²) in [7, 11) is -9.94. The van der Waals surface area contributed by atoms with Crippen LogP contribution in [0.2, 0.25) is 0 Å². The van der Waals surface area contributed by atoms with Gasteiger partial charge in [0.2, 0.25) is 0 Å². The lowest BCUT2D eigenvalue weighted by atomic mass is 10.0. The Bertz CT molecular complexity index is 2090. The maximum atomic E-state index is 13.1. The maximum Gasteiger partial charge on any atom is 0.472 e. The highest BCUT2D eigenvalue weighted by Crippen LogP contribution is 2.45. The highest BCUT2D eigenvalue weighted by Gasteiger charge is 2.30. The number of unbranched alkanes of at least 4 members (excludes halogenated alkanes) is 49. The normalized spacial score (nSPS) is 14.0. The third-order valence-electron chi connectivity index (χ3n) is 19.3. The second kappa shape index (κ2) is 75.9. The molecule has 614 valence electrons. The highest BCUT2D eigenvalue weighted by molar-refractivity contribution is 7.47. The fourth-order valence-electron chi connectivity index (χ4n) is 12.7. The Morgan fingerprint density at radius 3 is 0.788 bits per heavy atom. The Kier molecular flexibility index (Phi) is 74.1. The first-order valence-electron chi connectivity index (χ1n) is 43.3. The third kappa shape index (κ3) is 77.7. The van der Waals surface area contributed by atoms with E-state index < -0.39 is 97.5 Å². The van der Waals surface area contributed by atoms with Crippen molar-refractivity contribution < 1.29 is 80.2 Å². The molecular weight excluding hydrogens is 1350 g/mol. The summed E-state index contributed by atoms with van der Waals surface area (Å²) < 4.78 is 68.8. The van der Waals surface area contributed by atoms with Crippen LogP contribution in [0.3, 0.4) is 0 Å². The topological polar surface area (TPSA) is 237 Å². The Hall–Kier alpha value is -2.46. The predicted octanol–water partition coefficient (Wildman–Crippen LogP) is 25.4. The van der Waals surface area contributed by atoms with Crippen LogP contribution in [0, 0.1) is 11.8 Å². The first-order chi connectivity index (χ1) is 50.4. The van der Waals surface area contributed by atoms with Crippen LogP contribution in [0.15, 0.2) is 24.3 Å². The van der Waals surface area contributed by atoms with E-state index in [4.69, 9.17) is 37.0 Å². The van der Waals surface area contributed by atoms with Crippen molar-refractivity contribution in [2.45, 2.75) is 445 Å². The summed E-state index contributed by atoms with van der Waals surface area (Å²) >= 11 is 0. The van der Waals surface area contributed by atoms with Gasteiger partial charge in [-0.25, -0.2) is 9.13 Å². The monoisotopic (exact) mass is 1520 g/mol. The van der Waals surface area contributed by atoms with Crippen molar-refractivity contribution >= 4 is 39.5 Å². The van der Waals surface area contributed by atoms with E-state index in [1.807, 2.05) is 0 Å². The van der Waals surface area contributed by atoms with Gasteiger partial charge in [-0.1, -0.05) is 374 Å². The number of carbonyl (C=O) groups excluding carboxylic acids is 4. The number of rotatable bonds is 82. The number of phosphoric ester groups is 2. The molecule has 0 aliphatic heterocycles. The van der Waals surface area contributed by atoms with Gasteiger partial charge < -0.3 is 33.8 Å². The molecule has 0 heterocycles. The summed E-state index contributed by atoms with van der Waals surface area (Å²) in [4.78, 5) is 73.2. The fourth-order valence-corrected chi connectivity index (χ4v) is 14.3. The zero-order valence-electron chi connectivity index (χ0n) is 67.8. The van der Waals surface area contributed by atoms with Crippen LogP contribution in [-0.2, 0) is 65.4 Å². The van der Waals surface area contributed by atoms with Crippen LogP contribution in [0.4, 0.5) is 0 Å². The van der Waals surface area contributed by atoms with Crippen LogP contribution < -0.4 is 0 Å². The van der Waals surface area contributed by atoms with Crippen LogP contribution in [0.5, 0.6) is 0 Å². The maximum absolute atomic E-state index is 13.1. The van der Waals surface area contributed by atoms with Crippen molar-refractivity contribution in [3.8, 4) is 0 Å². The SMILES string of the molecule is CCCCCC/C=C\C=C/CCCCCCCC(=O)O[C@H](COC(=O)CCCCCCCCCCCC(C)C)COP(=O)(O)OC[C@H](O)COP(=O)(O)OC[C@@H](COC(=O)CCCCCCCCCCCCCCCCC(C)C)OC(=O)CCCCCCCCCCCCCCCCCCCCCC. The molecule has 0 rings (SSSR count). The van der Waals surface area contributed by atoms with Gasteiger partial charge in [0.15, 0.2) is 12.2 Å². The van der Waals surface area contributed by atoms with Gasteiger partial charge >= 0.3 is 39.5 Å². The number of esters is 4. The van der Waals surface area contributed by atoms with Crippen molar-refractivity contribution in [3.63, 3.8) is 0 Å². The summed E-state index contributed by atoms with van der Waals surface area (Å²) in [5.41, 5.74) is 0. The zero-order valence-corrected chi connectivity index (χ0v) is 69.6. The number of aliphatic hydroxyl groups is 1. The summed E-state index contributed by atoms with van der Waals surface area (Å²) in [6.45, 7) is 9.60. The van der Waals surface area contributed by atoms with Crippen molar-refractivity contribution in [1.29, 1.82) is 0 Å². The van der Waals surface area contributed by atoms with Crippen LogP contribution >= 0.6 is 15.6 Å². The molecule has 0 saturated carbocycles. The summed E-state index contributed by atoms with van der Waals surface area (Å²) in [5.74, 6) is -0.595. The van der Waals surface area contributed by atoms with Crippen LogP contribution in [-0.4, -0.2) is 96.7 Å². The number of ether oxygens (including phenoxy) is 4. The molecule has 0 amide bonds. The number of hydrogen-bond acceptors (Lipinski definition) is 15. The Balaban J connectivity index is 5.28. The lowest BCUT2D eigenvalue weighted by molar-refractivity contribution is -0.161. The smallest absolute Gasteiger partial charge is 0.462 e. The van der Waals surface area contributed by atoms with Gasteiger partial charge in [-0.15, -0.1) is 0 Å². The number of hydrogen-bond donors (Lipinski definition) is 3. The average Bonchev–Trinajstić information content (AvgIpc) is 0.904. The second-order valence-corrected chi connectivity index (χ2v) is 33.7. The molecule has 0 bridgehead atoms. The fraction of sp³-hybridized carbons (Fsp3) is 0.906. The molecule has 0 aliphatic carbocycles. The molecule has 19 heteroatoms. The Labute approximate surface area is 637 Å². The molecule has 0 spiro atoms. The van der Waals surface area contributed by atoms with Crippen LogP contribution in [0.25, 0.3) is 0 Å². The summed E-state index contributed by atoms with van der Waals surface area (Å²) in [6, 6.07) is 0. The third-order valence-corrected chi connectivity index (χ3v) is 21.2. The number of carbonyl (C=O) groups is 4. The summed E-state index contributed by atoms with van der Waals surface area (Å²) in [6.07, 6.45) is 70.2. The average molecular weight is 1520 g/mol. The molecule has 0 aromatic rings. The highest BCUT2D eigenvalue weighted by atomic mass is 31.2. The lowest BCUT2D eigenvalue weighted by Crippen LogP contribution is -2.30. The minimum atomic E-state index is -4.97. The van der Waals surface area contributed by atoms with E-state index >= 15 is 0 Å². The molecule has 0 aromatic carbocycles. The number of phosphoric acid groups is 2. The first-order valence-corrected chi connectivity index (χ1v) is 46.3. The Morgan fingerprint density at radius 2 is 0.519 bits per heavy atom. The molecule has 3 N–H and O–H groups in total. The van der Waals surface area contributed by atoms with E-state index in [0.29, 0.717) is 25.7 Å². The van der Waals surface area contributed by atoms with Gasteiger partial charge in [-0.05, 0) is 63.2 Å². The Morgan fingerprint density at radius 1 is 0.298 bits per heavy atom. The molecule has 17 nitrogen and oxygen atoms in total. The molecule has 5 atom stereocenters. The molecule has 0 aromatic heterocycles. The number of aliphatic hydroxyl groups excluding tert-OH is 1. The standard InChI is InChI=1S/C85H162O17P2/c1-7-9-11-13-15-17-19-21-23-24-25-26-27-29-35-39-45-52-58-64-70-85(90)101-80(73-95-82(87)67-61-55-49-43-37-33-31-30-32-36-41-47-53-59-65-77(3)4)75-99-103(91,92)97-71-79(86)72-98-104(93,94)100-76-81(74-96-83(88)68-62-56-50-46-40-42-48-54-60-66-78(5)6)102-84(89)69-63-57-51-44-38-34-28-22-20-18-16-14-12-10-8-2/h18,20,22,28,77-81,86H,7-17,19,21,23-27,29-76H2,1-6H3,(H,91,92)(H,93,94)/b20-18-,28-22-/t79-,80-,81-/m1/s1. The molecule has 0 aliphatic rings. The van der Waals surface area contributed by atoms with Crippen molar-refractivity contribution in [2.24, 2.45) is 11.8 Å². The minimum Gasteiger partial charge on any atom is -0.462 e. The second-order valence-electron chi connectivity index (χ2n) is 30.8. The minimum absolute atomic E-state index is 0.0849. The quantitative estimate of drug-likeness (QED) is 0.0169. The van der Waals surface area contributed by atoms with Gasteiger partial charge in [0.25, 0.3) is 0 Å². The molecule has 0 saturated heterocycles. The molecule has 0 radical (unpaired) electrons. The zero-order chi connectivity index (χ0) is 76.4. The van der Waals surface area contributed by atoms with Gasteiger partial charge in [-0.3, -0.25) is 37.3 Å². The van der Waals surface area contributed by atoms with Gasteiger partial charge in [0.05, 0.1) is 26.4 Å². The van der Waals surface area contributed by atoms with E-state index in [0.717, 1.165) is 115 Å². The first kappa shape index (κ1) is 102. The van der Waals surface area contributed by atoms with Gasteiger partial charge in [0, 0.05) is 25.7 Å². The van der Waals surface area contributed by atoms with E-state index in [1.165, 1.54) is 231 Å². The molecule has 0 fully saturated rings. The van der Waals surface area contributed by atoms with Gasteiger partial charge in [-0.2, -0.15) is 0 Å². The van der Waals surface area contributed by atoms with Crippen molar-refractivity contribution in [2.75, 3.05) is 39.6 Å². The molecule has 2 unspecified atom stereocenters. The number of allylic oxidation sites excluding steroid dienone is 4. The molecule has 104 heavy (non-hydrogen) atoms.